The smallest absolute Gasteiger partial charge is 0.230 e. The van der Waals surface area contributed by atoms with Gasteiger partial charge in [-0.1, -0.05) is 85.8 Å². The van der Waals surface area contributed by atoms with Crippen LogP contribution in [-0.4, -0.2) is 55.5 Å². The Labute approximate surface area is 228 Å². The van der Waals surface area contributed by atoms with Gasteiger partial charge in [-0.3, -0.25) is 4.79 Å². The first-order valence-electron chi connectivity index (χ1n) is 14.4. The van der Waals surface area contributed by atoms with Gasteiger partial charge in [-0.05, 0) is 73.4 Å². The van der Waals surface area contributed by atoms with E-state index in [1.165, 1.54) is 30.4 Å². The lowest BCUT2D eigenvalue weighted by atomic mass is 9.86. The van der Waals surface area contributed by atoms with E-state index < -0.39 is 0 Å². The molecule has 2 fully saturated rings. The van der Waals surface area contributed by atoms with Crippen molar-refractivity contribution in [1.82, 2.24) is 9.80 Å². The molecule has 0 aromatic heterocycles. The summed E-state index contributed by atoms with van der Waals surface area (Å²) in [5.41, 5.74) is 3.82. The Bertz CT molecular complexity index is 1160. The molecular weight excluding hydrogens is 468 g/mol. The van der Waals surface area contributed by atoms with Crippen LogP contribution in [0.4, 0.5) is 0 Å². The highest BCUT2D eigenvalue weighted by Gasteiger charge is 2.40. The SMILES string of the molecule is CC[C@H](C(=O)N1C[C@@H](CN2CCC(Cc3ccccc3)CC2)[C@H](c2ccccc2OC)C1)c1ccccc1. The normalized spacial score (nSPS) is 21.4. The number of carbonyl (C=O) groups is 1. The van der Waals surface area contributed by atoms with Crippen molar-refractivity contribution in [1.29, 1.82) is 0 Å². The molecule has 3 aromatic carbocycles. The average Bonchev–Trinajstić information content (AvgIpc) is 3.39. The molecule has 0 bridgehead atoms. The zero-order valence-electron chi connectivity index (χ0n) is 23.0. The van der Waals surface area contributed by atoms with E-state index in [9.17, 15) is 4.79 Å². The summed E-state index contributed by atoms with van der Waals surface area (Å²) < 4.78 is 5.78. The number of rotatable bonds is 9. The van der Waals surface area contributed by atoms with E-state index in [4.69, 9.17) is 4.74 Å². The molecule has 0 spiro atoms. The molecule has 38 heavy (non-hydrogen) atoms. The average molecular weight is 511 g/mol. The molecule has 0 saturated carbocycles. The van der Waals surface area contributed by atoms with E-state index in [-0.39, 0.29) is 17.7 Å². The van der Waals surface area contributed by atoms with Crippen LogP contribution in [0.5, 0.6) is 5.75 Å². The lowest BCUT2D eigenvalue weighted by molar-refractivity contribution is -0.132. The van der Waals surface area contributed by atoms with Crippen molar-refractivity contribution < 1.29 is 9.53 Å². The molecule has 0 unspecified atom stereocenters. The predicted molar refractivity (Wildman–Crippen MR) is 155 cm³/mol. The third-order valence-electron chi connectivity index (χ3n) is 8.77. The molecular formula is C34H42N2O2. The molecule has 2 saturated heterocycles. The maximum absolute atomic E-state index is 13.8. The van der Waals surface area contributed by atoms with E-state index in [1.54, 1.807) is 7.11 Å². The van der Waals surface area contributed by atoms with Gasteiger partial charge in [0.25, 0.3) is 0 Å². The van der Waals surface area contributed by atoms with Crippen LogP contribution in [0.2, 0.25) is 0 Å². The number of hydrogen-bond donors (Lipinski definition) is 0. The largest absolute Gasteiger partial charge is 0.496 e. The van der Waals surface area contributed by atoms with Gasteiger partial charge in [0.1, 0.15) is 5.75 Å². The van der Waals surface area contributed by atoms with E-state index in [1.807, 2.05) is 24.3 Å². The number of ether oxygens (including phenoxy) is 1. The lowest BCUT2D eigenvalue weighted by Crippen LogP contribution is -2.39. The van der Waals surface area contributed by atoms with Gasteiger partial charge in [0.15, 0.2) is 0 Å². The lowest BCUT2D eigenvalue weighted by Gasteiger charge is -2.35. The molecule has 3 aromatic rings. The summed E-state index contributed by atoms with van der Waals surface area (Å²) in [6.45, 7) is 7.02. The quantitative estimate of drug-likeness (QED) is 0.335. The summed E-state index contributed by atoms with van der Waals surface area (Å²) >= 11 is 0. The Morgan fingerprint density at radius 3 is 2.24 bits per heavy atom. The van der Waals surface area contributed by atoms with Crippen molar-refractivity contribution in [3.05, 3.63) is 102 Å². The van der Waals surface area contributed by atoms with Gasteiger partial charge in [0.05, 0.1) is 13.0 Å². The van der Waals surface area contributed by atoms with Gasteiger partial charge in [-0.25, -0.2) is 0 Å². The zero-order chi connectivity index (χ0) is 26.3. The topological polar surface area (TPSA) is 32.8 Å². The Balaban J connectivity index is 1.29. The molecule has 0 N–H and O–H groups in total. The van der Waals surface area contributed by atoms with Crippen LogP contribution in [0.1, 0.15) is 54.7 Å². The highest BCUT2D eigenvalue weighted by Crippen LogP contribution is 2.40. The number of nitrogens with zero attached hydrogens (tertiary/aromatic N) is 2. The standard InChI is InChI=1S/C34H42N2O2/c1-3-30(28-14-8-5-9-15-28)34(37)36-24-29(32(25-36)31-16-10-11-17-33(31)38-2)23-35-20-18-27(19-21-35)22-26-12-6-4-7-13-26/h4-17,27,29-30,32H,3,18-25H2,1-2H3/t29-,30+,32-/m1/s1. The van der Waals surface area contributed by atoms with Crippen molar-refractivity contribution in [2.24, 2.45) is 11.8 Å². The van der Waals surface area contributed by atoms with Crippen molar-refractivity contribution >= 4 is 5.91 Å². The molecule has 2 aliphatic rings. The Morgan fingerprint density at radius 1 is 0.895 bits per heavy atom. The Hall–Kier alpha value is -3.11. The third kappa shape index (κ3) is 6.13. The zero-order valence-corrected chi connectivity index (χ0v) is 23.0. The second-order valence-corrected chi connectivity index (χ2v) is 11.2. The van der Waals surface area contributed by atoms with Gasteiger partial charge in [0.2, 0.25) is 5.91 Å². The van der Waals surface area contributed by atoms with Crippen LogP contribution in [0.25, 0.3) is 0 Å². The molecule has 1 amide bonds. The first-order valence-corrected chi connectivity index (χ1v) is 14.4. The summed E-state index contributed by atoms with van der Waals surface area (Å²) in [6, 6.07) is 29.6. The van der Waals surface area contributed by atoms with Crippen LogP contribution in [0, 0.1) is 11.8 Å². The van der Waals surface area contributed by atoms with Gasteiger partial charge in [-0.15, -0.1) is 0 Å². The van der Waals surface area contributed by atoms with Crippen molar-refractivity contribution in [2.75, 3.05) is 39.8 Å². The fraction of sp³-hybridized carbons (Fsp3) is 0.441. The molecule has 4 nitrogen and oxygen atoms in total. The second kappa shape index (κ2) is 12.6. The summed E-state index contributed by atoms with van der Waals surface area (Å²) in [6.07, 6.45) is 4.49. The number of amides is 1. The number of likely N-dealkylation sites (tertiary alicyclic amines) is 2. The Morgan fingerprint density at radius 2 is 1.55 bits per heavy atom. The Kier molecular flexibility index (Phi) is 8.80. The monoisotopic (exact) mass is 510 g/mol. The summed E-state index contributed by atoms with van der Waals surface area (Å²) in [7, 11) is 1.76. The minimum atomic E-state index is -0.0815. The number of methoxy groups -OCH3 is 1. The number of carbonyl (C=O) groups excluding carboxylic acids is 1. The van der Waals surface area contributed by atoms with E-state index in [0.717, 1.165) is 56.4 Å². The third-order valence-corrected chi connectivity index (χ3v) is 8.77. The highest BCUT2D eigenvalue weighted by atomic mass is 16.5. The molecule has 200 valence electrons. The maximum atomic E-state index is 13.8. The van der Waals surface area contributed by atoms with E-state index in [0.29, 0.717) is 5.92 Å². The number of piperidine rings is 1. The fourth-order valence-electron chi connectivity index (χ4n) is 6.67. The molecule has 2 aliphatic heterocycles. The van der Waals surface area contributed by atoms with Crippen LogP contribution in [-0.2, 0) is 11.2 Å². The van der Waals surface area contributed by atoms with Crippen LogP contribution >= 0.6 is 0 Å². The molecule has 2 heterocycles. The van der Waals surface area contributed by atoms with Crippen molar-refractivity contribution in [3.8, 4) is 5.75 Å². The number of hydrogen-bond acceptors (Lipinski definition) is 3. The summed E-state index contributed by atoms with van der Waals surface area (Å²) in [5, 5.41) is 0. The maximum Gasteiger partial charge on any atom is 0.230 e. The minimum absolute atomic E-state index is 0.0815. The minimum Gasteiger partial charge on any atom is -0.496 e. The van der Waals surface area contributed by atoms with Crippen molar-refractivity contribution in [3.63, 3.8) is 0 Å². The summed E-state index contributed by atoms with van der Waals surface area (Å²) in [4.78, 5) is 18.6. The van der Waals surface area contributed by atoms with Gasteiger partial charge in [-0.2, -0.15) is 0 Å². The predicted octanol–water partition coefficient (Wildman–Crippen LogP) is 6.39. The number of para-hydroxylation sites is 1. The van der Waals surface area contributed by atoms with Crippen LogP contribution in [0.15, 0.2) is 84.9 Å². The molecule has 0 aliphatic carbocycles. The van der Waals surface area contributed by atoms with Crippen molar-refractivity contribution in [2.45, 2.75) is 44.4 Å². The van der Waals surface area contributed by atoms with E-state index in [2.05, 4.69) is 77.4 Å². The van der Waals surface area contributed by atoms with Crippen LogP contribution < -0.4 is 4.74 Å². The molecule has 0 radical (unpaired) electrons. The number of benzene rings is 3. The first-order chi connectivity index (χ1) is 18.7. The molecule has 4 heteroatoms. The van der Waals surface area contributed by atoms with Gasteiger partial charge >= 0.3 is 0 Å². The summed E-state index contributed by atoms with van der Waals surface area (Å²) in [5.74, 6) is 2.56. The first kappa shape index (κ1) is 26.5. The van der Waals surface area contributed by atoms with E-state index >= 15 is 0 Å². The molecule has 3 atom stereocenters. The highest BCUT2D eigenvalue weighted by molar-refractivity contribution is 5.84. The van der Waals surface area contributed by atoms with Gasteiger partial charge < -0.3 is 14.5 Å². The van der Waals surface area contributed by atoms with Crippen LogP contribution in [0.3, 0.4) is 0 Å². The fourth-order valence-corrected chi connectivity index (χ4v) is 6.67. The molecule has 5 rings (SSSR count). The second-order valence-electron chi connectivity index (χ2n) is 11.2. The van der Waals surface area contributed by atoms with Gasteiger partial charge in [0, 0.05) is 25.6 Å².